The second-order valence-electron chi connectivity index (χ2n) is 9.03. The first-order chi connectivity index (χ1) is 16.9. The fourth-order valence-corrected chi connectivity index (χ4v) is 6.15. The number of ether oxygens (including phenoxy) is 1. The van der Waals surface area contributed by atoms with Crippen LogP contribution < -0.4 is 10.9 Å². The Bertz CT molecular complexity index is 1440. The molecular weight excluding hydrogens is 478 g/mol. The van der Waals surface area contributed by atoms with Gasteiger partial charge in [0.2, 0.25) is 5.91 Å². The molecule has 180 valence electrons. The lowest BCUT2D eigenvalue weighted by atomic mass is 9.90. The van der Waals surface area contributed by atoms with E-state index in [2.05, 4.69) is 19.2 Å². The summed E-state index contributed by atoms with van der Waals surface area (Å²) in [4.78, 5) is 33.3. The molecule has 2 aromatic carbocycles. The molecule has 6 nitrogen and oxygen atoms in total. The minimum absolute atomic E-state index is 0.0968. The van der Waals surface area contributed by atoms with Crippen LogP contribution in [0.3, 0.4) is 0 Å². The van der Waals surface area contributed by atoms with Crippen molar-refractivity contribution in [2.75, 3.05) is 11.1 Å². The average Bonchev–Trinajstić information content (AvgIpc) is 3.22. The molecule has 0 bridgehead atoms. The van der Waals surface area contributed by atoms with E-state index in [0.717, 1.165) is 33.8 Å². The minimum Gasteiger partial charge on any atom is -0.369 e. The molecule has 2 aromatic heterocycles. The number of carbonyl (C=O) groups excluding carboxylic acids is 1. The summed E-state index contributed by atoms with van der Waals surface area (Å²) >= 11 is 2.78. The fraction of sp³-hybridized carbons (Fsp3) is 0.296. The molecule has 3 heterocycles. The number of nitrogens with zero attached hydrogens (tertiary/aromatic N) is 2. The van der Waals surface area contributed by atoms with Gasteiger partial charge in [-0.15, -0.1) is 11.3 Å². The van der Waals surface area contributed by atoms with Crippen LogP contribution >= 0.6 is 23.1 Å². The van der Waals surface area contributed by atoms with E-state index < -0.39 is 0 Å². The average molecular weight is 506 g/mol. The van der Waals surface area contributed by atoms with E-state index in [1.807, 2.05) is 61.5 Å². The van der Waals surface area contributed by atoms with Crippen LogP contribution in [0, 0.1) is 6.92 Å². The Morgan fingerprint density at radius 1 is 1.20 bits per heavy atom. The number of hydrogen-bond donors (Lipinski definition) is 1. The van der Waals surface area contributed by atoms with Gasteiger partial charge in [0.05, 0.1) is 29.0 Å². The van der Waals surface area contributed by atoms with Gasteiger partial charge in [-0.2, -0.15) is 0 Å². The van der Waals surface area contributed by atoms with Gasteiger partial charge in [-0.05, 0) is 50.1 Å². The molecule has 5 rings (SSSR count). The van der Waals surface area contributed by atoms with Crippen molar-refractivity contribution in [1.82, 2.24) is 9.55 Å². The van der Waals surface area contributed by atoms with E-state index in [1.54, 1.807) is 4.57 Å². The van der Waals surface area contributed by atoms with Crippen LogP contribution in [0.2, 0.25) is 0 Å². The van der Waals surface area contributed by atoms with Gasteiger partial charge in [0, 0.05) is 17.0 Å². The molecule has 0 spiro atoms. The minimum atomic E-state index is -0.285. The third-order valence-corrected chi connectivity index (χ3v) is 8.45. The largest absolute Gasteiger partial charge is 0.369 e. The number of amides is 1. The number of fused-ring (bicyclic) bond motifs is 3. The van der Waals surface area contributed by atoms with Crippen LogP contribution in [0.15, 0.2) is 64.5 Å². The first kappa shape index (κ1) is 23.8. The predicted octanol–water partition coefficient (Wildman–Crippen LogP) is 5.73. The molecule has 1 N–H and O–H groups in total. The Hall–Kier alpha value is -2.94. The van der Waals surface area contributed by atoms with Crippen LogP contribution in [0.4, 0.5) is 5.69 Å². The van der Waals surface area contributed by atoms with E-state index in [4.69, 9.17) is 9.72 Å². The summed E-state index contributed by atoms with van der Waals surface area (Å²) < 4.78 is 7.75. The normalized spacial score (nSPS) is 17.3. The van der Waals surface area contributed by atoms with Crippen molar-refractivity contribution in [3.05, 3.63) is 81.0 Å². The third kappa shape index (κ3) is 4.78. The molecule has 0 unspecified atom stereocenters. The summed E-state index contributed by atoms with van der Waals surface area (Å²) in [5, 5.41) is 4.09. The van der Waals surface area contributed by atoms with E-state index >= 15 is 0 Å². The van der Waals surface area contributed by atoms with Crippen molar-refractivity contribution in [2.45, 2.75) is 51.0 Å². The fourth-order valence-electron chi connectivity index (χ4n) is 4.19. The monoisotopic (exact) mass is 505 g/mol. The number of carbonyl (C=O) groups is 1. The predicted molar refractivity (Wildman–Crippen MR) is 143 cm³/mol. The first-order valence-electron chi connectivity index (χ1n) is 11.6. The van der Waals surface area contributed by atoms with E-state index in [9.17, 15) is 9.59 Å². The van der Waals surface area contributed by atoms with Gasteiger partial charge in [-0.3, -0.25) is 14.2 Å². The number of anilines is 1. The highest BCUT2D eigenvalue weighted by Crippen LogP contribution is 2.39. The summed E-state index contributed by atoms with van der Waals surface area (Å²) in [5.41, 5.74) is 3.28. The van der Waals surface area contributed by atoms with Crippen molar-refractivity contribution >= 4 is 44.9 Å². The first-order valence-corrected chi connectivity index (χ1v) is 13.4. The van der Waals surface area contributed by atoms with Crippen molar-refractivity contribution in [3.8, 4) is 5.69 Å². The van der Waals surface area contributed by atoms with Crippen LogP contribution in [-0.4, -0.2) is 26.8 Å². The van der Waals surface area contributed by atoms with Gasteiger partial charge in [0.25, 0.3) is 5.56 Å². The molecule has 0 aliphatic carbocycles. The molecule has 1 aliphatic rings. The molecule has 35 heavy (non-hydrogen) atoms. The van der Waals surface area contributed by atoms with Crippen LogP contribution in [0.5, 0.6) is 0 Å². The second kappa shape index (κ2) is 9.60. The number of benzene rings is 2. The zero-order chi connectivity index (χ0) is 24.6. The quantitative estimate of drug-likeness (QED) is 0.268. The summed E-state index contributed by atoms with van der Waals surface area (Å²) in [6.07, 6.45) is 1.56. The molecule has 1 aliphatic heterocycles. The number of hydrogen-bond acceptors (Lipinski definition) is 6. The summed E-state index contributed by atoms with van der Waals surface area (Å²) in [5.74, 6) is -0.00813. The lowest BCUT2D eigenvalue weighted by molar-refractivity contribution is -0.113. The molecule has 8 heteroatoms. The van der Waals surface area contributed by atoms with E-state index in [1.165, 1.54) is 23.1 Å². The lowest BCUT2D eigenvalue weighted by Crippen LogP contribution is -2.34. The Kier molecular flexibility index (Phi) is 6.53. The summed E-state index contributed by atoms with van der Waals surface area (Å²) in [7, 11) is 0. The lowest BCUT2D eigenvalue weighted by Gasteiger charge is -2.32. The highest BCUT2D eigenvalue weighted by Gasteiger charge is 2.33. The topological polar surface area (TPSA) is 73.2 Å². The van der Waals surface area contributed by atoms with Crippen molar-refractivity contribution < 1.29 is 9.53 Å². The molecular formula is C27H27N3O3S2. The highest BCUT2D eigenvalue weighted by atomic mass is 32.2. The molecule has 0 saturated heterocycles. The van der Waals surface area contributed by atoms with Gasteiger partial charge in [0.1, 0.15) is 4.83 Å². The Morgan fingerprint density at radius 2 is 1.94 bits per heavy atom. The third-order valence-electron chi connectivity index (χ3n) is 6.41. The Labute approximate surface area is 212 Å². The van der Waals surface area contributed by atoms with Gasteiger partial charge in [-0.1, -0.05) is 54.6 Å². The van der Waals surface area contributed by atoms with Crippen LogP contribution in [-0.2, 0) is 22.6 Å². The SMILES string of the molecule is CC[C@]1(C)Cc2c(sc3nc(SCC(=O)Nc4ccc(C)cc4)n(-c4ccccc4)c(=O)c23)CO1. The molecule has 1 atom stereocenters. The van der Waals surface area contributed by atoms with Crippen LogP contribution in [0.25, 0.3) is 15.9 Å². The highest BCUT2D eigenvalue weighted by molar-refractivity contribution is 7.99. The maximum Gasteiger partial charge on any atom is 0.267 e. The van der Waals surface area contributed by atoms with E-state index in [-0.39, 0.29) is 22.8 Å². The van der Waals surface area contributed by atoms with Gasteiger partial charge >= 0.3 is 0 Å². The number of aromatic nitrogens is 2. The Balaban J connectivity index is 1.52. The van der Waals surface area contributed by atoms with Crippen molar-refractivity contribution in [2.24, 2.45) is 0 Å². The standard InChI is InChI=1S/C27H27N3O3S2/c1-4-27(3)14-20-21(15-33-27)35-24-23(20)25(32)30(19-8-6-5-7-9-19)26(29-24)34-16-22(31)28-18-12-10-17(2)11-13-18/h5-13H,4,14-16H2,1-3H3,(H,28,31)/t27-/m1/s1. The zero-order valence-electron chi connectivity index (χ0n) is 20.0. The van der Waals surface area contributed by atoms with Crippen molar-refractivity contribution in [1.29, 1.82) is 0 Å². The summed E-state index contributed by atoms with van der Waals surface area (Å²) in [6.45, 7) is 6.70. The van der Waals surface area contributed by atoms with Gasteiger partial charge in [-0.25, -0.2) is 4.98 Å². The Morgan fingerprint density at radius 3 is 2.66 bits per heavy atom. The number of thiophene rings is 1. The smallest absolute Gasteiger partial charge is 0.267 e. The van der Waals surface area contributed by atoms with Crippen molar-refractivity contribution in [3.63, 3.8) is 0 Å². The molecule has 0 saturated carbocycles. The second-order valence-corrected chi connectivity index (χ2v) is 11.1. The number of rotatable bonds is 6. The molecule has 4 aromatic rings. The summed E-state index contributed by atoms with van der Waals surface area (Å²) in [6, 6.07) is 17.2. The van der Waals surface area contributed by atoms with E-state index in [0.29, 0.717) is 28.4 Å². The zero-order valence-corrected chi connectivity index (χ0v) is 21.6. The molecule has 0 radical (unpaired) electrons. The molecule has 0 fully saturated rings. The number of nitrogens with one attached hydrogen (secondary N) is 1. The van der Waals surface area contributed by atoms with Gasteiger partial charge < -0.3 is 10.1 Å². The van der Waals surface area contributed by atoms with Gasteiger partial charge in [0.15, 0.2) is 5.16 Å². The molecule has 1 amide bonds. The maximum absolute atomic E-state index is 13.9. The number of aryl methyl sites for hydroxylation is 1. The number of para-hydroxylation sites is 1. The van der Waals surface area contributed by atoms with Crippen LogP contribution in [0.1, 0.15) is 36.3 Å². The maximum atomic E-state index is 13.9. The number of thioether (sulfide) groups is 1.